The molecule has 0 aliphatic carbocycles. The number of para-hydroxylation sites is 1. The molecule has 0 saturated carbocycles. The van der Waals surface area contributed by atoms with Crippen LogP contribution in [0.2, 0.25) is 0 Å². The van der Waals surface area contributed by atoms with Crippen LogP contribution in [-0.2, 0) is 0 Å². The minimum absolute atomic E-state index is 0.358. The number of unbranched alkanes of at least 4 members (excludes halogenated alkanes) is 2. The van der Waals surface area contributed by atoms with Gasteiger partial charge in [-0.15, -0.1) is 0 Å². The predicted octanol–water partition coefficient (Wildman–Crippen LogP) is 3.95. The summed E-state index contributed by atoms with van der Waals surface area (Å²) in [5.41, 5.74) is 0. The number of rotatable bonds is 8. The fraction of sp³-hybridized carbons (Fsp3) is 0.571. The summed E-state index contributed by atoms with van der Waals surface area (Å²) in [7, 11) is -4.01. The van der Waals surface area contributed by atoms with Gasteiger partial charge >= 0.3 is 110 Å². The van der Waals surface area contributed by atoms with E-state index in [1.54, 1.807) is 12.1 Å². The molecule has 104 valence electrons. The zero-order chi connectivity index (χ0) is 13.5. The molecule has 0 aliphatic heterocycles. The van der Waals surface area contributed by atoms with Gasteiger partial charge < -0.3 is 0 Å². The van der Waals surface area contributed by atoms with E-state index in [1.807, 2.05) is 32.0 Å². The second kappa shape index (κ2) is 6.51. The molecule has 0 unspecified atom stereocenters. The van der Waals surface area contributed by atoms with E-state index in [-0.39, 0.29) is 0 Å². The summed E-state index contributed by atoms with van der Waals surface area (Å²) in [6.45, 7) is 4.08. The molecular formula is C14H25O3P. The quantitative estimate of drug-likeness (QED) is 0.704. The molecule has 0 bridgehead atoms. The average molecular weight is 272 g/mol. The third-order valence-electron chi connectivity index (χ3n) is 2.98. The van der Waals surface area contributed by atoms with Gasteiger partial charge in [0.15, 0.2) is 0 Å². The SMILES string of the molecule is CCCCP(O)(O)(CCCC)Oc1ccccc1. The molecule has 4 heteroatoms. The van der Waals surface area contributed by atoms with Crippen molar-refractivity contribution in [3.63, 3.8) is 0 Å². The summed E-state index contributed by atoms with van der Waals surface area (Å²) in [4.78, 5) is 21.3. The molecule has 0 heterocycles. The minimum atomic E-state index is -4.01. The Kier molecular flexibility index (Phi) is 5.58. The van der Waals surface area contributed by atoms with Crippen LogP contribution in [0.4, 0.5) is 0 Å². The standard InChI is InChI=1S/C14H25O3P/c1-3-5-12-18(15,16,13-6-4-2)17-14-10-8-7-9-11-14/h7-11,15-16H,3-6,12-13H2,1-2H3. The first-order valence-electron chi connectivity index (χ1n) is 6.74. The van der Waals surface area contributed by atoms with Crippen LogP contribution < -0.4 is 4.52 Å². The third kappa shape index (κ3) is 4.93. The summed E-state index contributed by atoms with van der Waals surface area (Å²) in [5.74, 6) is 0.548. The van der Waals surface area contributed by atoms with Crippen LogP contribution in [-0.4, -0.2) is 22.1 Å². The molecule has 0 aromatic heterocycles. The van der Waals surface area contributed by atoms with E-state index in [1.165, 1.54) is 0 Å². The van der Waals surface area contributed by atoms with Gasteiger partial charge in [-0.05, 0) is 0 Å². The average Bonchev–Trinajstić information content (AvgIpc) is 2.36. The Bertz CT molecular complexity index is 339. The Hall–Kier alpha value is -0.630. The summed E-state index contributed by atoms with van der Waals surface area (Å²) in [6, 6.07) is 9.10. The summed E-state index contributed by atoms with van der Waals surface area (Å²) in [6.07, 6.45) is 4.14. The monoisotopic (exact) mass is 272 g/mol. The van der Waals surface area contributed by atoms with Gasteiger partial charge in [-0.25, -0.2) is 0 Å². The second-order valence-corrected chi connectivity index (χ2v) is 8.54. The molecule has 0 amide bonds. The Balaban J connectivity index is 2.82. The van der Waals surface area contributed by atoms with Crippen LogP contribution in [0, 0.1) is 0 Å². The van der Waals surface area contributed by atoms with Crippen molar-refractivity contribution in [1.29, 1.82) is 0 Å². The van der Waals surface area contributed by atoms with Crippen molar-refractivity contribution in [3.05, 3.63) is 30.3 Å². The molecule has 3 nitrogen and oxygen atoms in total. The van der Waals surface area contributed by atoms with Crippen molar-refractivity contribution in [2.45, 2.75) is 39.5 Å². The van der Waals surface area contributed by atoms with E-state index in [4.69, 9.17) is 4.52 Å². The van der Waals surface area contributed by atoms with Gasteiger partial charge in [-0.3, -0.25) is 0 Å². The van der Waals surface area contributed by atoms with Crippen molar-refractivity contribution in [3.8, 4) is 5.75 Å². The zero-order valence-electron chi connectivity index (χ0n) is 11.4. The fourth-order valence-corrected chi connectivity index (χ4v) is 4.80. The fourth-order valence-electron chi connectivity index (χ4n) is 1.88. The summed E-state index contributed by atoms with van der Waals surface area (Å²) >= 11 is 0. The van der Waals surface area contributed by atoms with E-state index in [2.05, 4.69) is 0 Å². The van der Waals surface area contributed by atoms with Crippen LogP contribution >= 0.6 is 7.28 Å². The van der Waals surface area contributed by atoms with Crippen LogP contribution in [0.5, 0.6) is 5.75 Å². The first kappa shape index (κ1) is 15.4. The molecule has 0 saturated heterocycles. The van der Waals surface area contributed by atoms with Crippen LogP contribution in [0.25, 0.3) is 0 Å². The molecule has 1 aromatic rings. The molecule has 1 aromatic carbocycles. The Morgan fingerprint density at radius 1 is 0.944 bits per heavy atom. The number of hydrogen-bond donors (Lipinski definition) is 2. The first-order chi connectivity index (χ1) is 8.48. The molecule has 0 spiro atoms. The maximum atomic E-state index is 10.7. The Morgan fingerprint density at radius 3 is 1.89 bits per heavy atom. The topological polar surface area (TPSA) is 49.7 Å². The van der Waals surface area contributed by atoms with Gasteiger partial charge in [0.1, 0.15) is 0 Å². The van der Waals surface area contributed by atoms with Gasteiger partial charge in [0.2, 0.25) is 0 Å². The van der Waals surface area contributed by atoms with Gasteiger partial charge in [0, 0.05) is 0 Å². The zero-order valence-corrected chi connectivity index (χ0v) is 12.3. The maximum absolute atomic E-state index is 10.7. The van der Waals surface area contributed by atoms with E-state index in [0.29, 0.717) is 18.1 Å². The van der Waals surface area contributed by atoms with Crippen molar-refractivity contribution < 1.29 is 14.3 Å². The van der Waals surface area contributed by atoms with Gasteiger partial charge in [-0.2, -0.15) is 0 Å². The molecule has 1 rings (SSSR count). The van der Waals surface area contributed by atoms with E-state index in [9.17, 15) is 9.79 Å². The normalized spacial score (nSPS) is 13.9. The van der Waals surface area contributed by atoms with Crippen LogP contribution in [0.3, 0.4) is 0 Å². The van der Waals surface area contributed by atoms with E-state index >= 15 is 0 Å². The van der Waals surface area contributed by atoms with Crippen molar-refractivity contribution >= 4 is 7.28 Å². The molecule has 0 radical (unpaired) electrons. The number of hydrogen-bond acceptors (Lipinski definition) is 3. The third-order valence-corrected chi connectivity index (χ3v) is 6.04. The number of benzene rings is 1. The van der Waals surface area contributed by atoms with Crippen LogP contribution in [0.1, 0.15) is 39.5 Å². The molecule has 0 fully saturated rings. The Labute approximate surface area is 110 Å². The molecule has 0 aliphatic rings. The van der Waals surface area contributed by atoms with E-state index < -0.39 is 7.28 Å². The first-order valence-corrected chi connectivity index (χ1v) is 9.17. The summed E-state index contributed by atoms with van der Waals surface area (Å²) < 4.78 is 5.64. The van der Waals surface area contributed by atoms with Gasteiger partial charge in [-0.1, -0.05) is 0 Å². The van der Waals surface area contributed by atoms with Gasteiger partial charge in [0.05, 0.1) is 0 Å². The van der Waals surface area contributed by atoms with Crippen molar-refractivity contribution in [1.82, 2.24) is 0 Å². The van der Waals surface area contributed by atoms with E-state index in [0.717, 1.165) is 25.7 Å². The molecule has 18 heavy (non-hydrogen) atoms. The molecule has 2 N–H and O–H groups in total. The summed E-state index contributed by atoms with van der Waals surface area (Å²) in [5, 5.41) is 0. The molecular weight excluding hydrogens is 247 g/mol. The van der Waals surface area contributed by atoms with Crippen molar-refractivity contribution in [2.75, 3.05) is 12.3 Å². The van der Waals surface area contributed by atoms with Crippen molar-refractivity contribution in [2.24, 2.45) is 0 Å². The molecule has 0 atom stereocenters. The van der Waals surface area contributed by atoms with Crippen LogP contribution in [0.15, 0.2) is 30.3 Å². The second-order valence-electron chi connectivity index (χ2n) is 4.86. The van der Waals surface area contributed by atoms with Gasteiger partial charge in [0.25, 0.3) is 0 Å². The predicted molar refractivity (Wildman–Crippen MR) is 78.0 cm³/mol. The Morgan fingerprint density at radius 2 is 1.44 bits per heavy atom.